The Balaban J connectivity index is 2.48. The molecule has 0 fully saturated rings. The first-order valence-corrected chi connectivity index (χ1v) is 6.53. The summed E-state index contributed by atoms with van der Waals surface area (Å²) in [6, 6.07) is 7.65. The number of rotatable bonds is 7. The Morgan fingerprint density at radius 1 is 1.19 bits per heavy atom. The molecule has 0 radical (unpaired) electrons. The third-order valence-electron chi connectivity index (χ3n) is 2.84. The van der Waals surface area contributed by atoms with E-state index in [0.717, 1.165) is 5.56 Å². The van der Waals surface area contributed by atoms with Gasteiger partial charge in [0.2, 0.25) is 17.7 Å². The molecular formula is C14H20N4O3. The van der Waals surface area contributed by atoms with Gasteiger partial charge >= 0.3 is 0 Å². The van der Waals surface area contributed by atoms with Gasteiger partial charge < -0.3 is 22.1 Å². The van der Waals surface area contributed by atoms with Crippen molar-refractivity contribution in [1.29, 1.82) is 0 Å². The minimum Gasteiger partial charge on any atom is -0.368 e. The van der Waals surface area contributed by atoms with E-state index in [4.69, 9.17) is 11.5 Å². The van der Waals surface area contributed by atoms with E-state index in [1.54, 1.807) is 0 Å². The number of hydrogen-bond acceptors (Lipinski definition) is 4. The first-order chi connectivity index (χ1) is 9.90. The average Bonchev–Trinajstić information content (AvgIpc) is 2.43. The van der Waals surface area contributed by atoms with Crippen LogP contribution >= 0.6 is 0 Å². The quantitative estimate of drug-likeness (QED) is 0.496. The average molecular weight is 292 g/mol. The van der Waals surface area contributed by atoms with Gasteiger partial charge in [-0.15, -0.1) is 0 Å². The fraction of sp³-hybridized carbons (Fsp3) is 0.357. The summed E-state index contributed by atoms with van der Waals surface area (Å²) >= 11 is 0. The van der Waals surface area contributed by atoms with Gasteiger partial charge in [-0.1, -0.05) is 30.3 Å². The van der Waals surface area contributed by atoms with Crippen molar-refractivity contribution in [2.75, 3.05) is 6.54 Å². The van der Waals surface area contributed by atoms with E-state index in [1.807, 2.05) is 30.3 Å². The lowest BCUT2D eigenvalue weighted by Gasteiger charge is -2.17. The number of carbonyl (C=O) groups is 3. The molecule has 0 aliphatic heterocycles. The molecule has 3 amide bonds. The van der Waals surface area contributed by atoms with Crippen LogP contribution in [0, 0.1) is 0 Å². The molecule has 6 N–H and O–H groups in total. The van der Waals surface area contributed by atoms with E-state index in [2.05, 4.69) is 10.6 Å². The van der Waals surface area contributed by atoms with Gasteiger partial charge in [0.1, 0.15) is 6.04 Å². The molecule has 0 aliphatic rings. The highest BCUT2D eigenvalue weighted by molar-refractivity contribution is 5.87. The summed E-state index contributed by atoms with van der Waals surface area (Å²) in [6.45, 7) is 1.18. The summed E-state index contributed by atoms with van der Waals surface area (Å²) in [4.78, 5) is 33.9. The van der Waals surface area contributed by atoms with Crippen LogP contribution in [0.4, 0.5) is 0 Å². The van der Waals surface area contributed by atoms with Crippen LogP contribution in [0.25, 0.3) is 0 Å². The molecule has 114 valence electrons. The summed E-state index contributed by atoms with van der Waals surface area (Å²) < 4.78 is 0. The van der Waals surface area contributed by atoms with Crippen molar-refractivity contribution in [3.8, 4) is 0 Å². The number of amides is 3. The molecule has 2 atom stereocenters. The number of primary amides is 1. The van der Waals surface area contributed by atoms with Gasteiger partial charge in [-0.25, -0.2) is 0 Å². The van der Waals surface area contributed by atoms with Crippen LogP contribution in [0.15, 0.2) is 30.3 Å². The first-order valence-electron chi connectivity index (χ1n) is 6.53. The molecular weight excluding hydrogens is 272 g/mol. The monoisotopic (exact) mass is 292 g/mol. The molecule has 0 saturated carbocycles. The molecule has 1 rings (SSSR count). The van der Waals surface area contributed by atoms with Crippen LogP contribution in [-0.2, 0) is 20.8 Å². The molecule has 1 aromatic carbocycles. The molecule has 0 spiro atoms. The maximum Gasteiger partial charge on any atom is 0.241 e. The molecule has 21 heavy (non-hydrogen) atoms. The fourth-order valence-corrected chi connectivity index (χ4v) is 1.76. The van der Waals surface area contributed by atoms with Gasteiger partial charge in [-0.3, -0.25) is 14.4 Å². The second-order valence-corrected chi connectivity index (χ2v) is 4.70. The molecule has 7 nitrogen and oxygen atoms in total. The van der Waals surface area contributed by atoms with Crippen molar-refractivity contribution in [1.82, 2.24) is 10.6 Å². The predicted molar refractivity (Wildman–Crippen MR) is 77.9 cm³/mol. The Morgan fingerprint density at radius 3 is 2.33 bits per heavy atom. The first kappa shape index (κ1) is 16.6. The third-order valence-corrected chi connectivity index (χ3v) is 2.84. The van der Waals surface area contributed by atoms with Crippen LogP contribution < -0.4 is 22.1 Å². The minimum atomic E-state index is -0.949. The predicted octanol–water partition coefficient (Wildman–Crippen LogP) is -1.34. The van der Waals surface area contributed by atoms with E-state index < -0.39 is 29.8 Å². The van der Waals surface area contributed by atoms with Crippen LogP contribution in [0.3, 0.4) is 0 Å². The summed E-state index contributed by atoms with van der Waals surface area (Å²) in [7, 11) is 0. The lowest BCUT2D eigenvalue weighted by Crippen LogP contribution is -2.53. The number of benzene rings is 1. The van der Waals surface area contributed by atoms with Gasteiger partial charge in [0.25, 0.3) is 0 Å². The number of hydrogen-bond donors (Lipinski definition) is 4. The van der Waals surface area contributed by atoms with Crippen molar-refractivity contribution < 1.29 is 14.4 Å². The molecule has 0 aromatic heterocycles. The Labute approximate surface area is 123 Å². The van der Waals surface area contributed by atoms with Crippen LogP contribution in [0.1, 0.15) is 12.5 Å². The molecule has 0 unspecified atom stereocenters. The number of nitrogens with two attached hydrogens (primary N) is 2. The van der Waals surface area contributed by atoms with Gasteiger partial charge in [0, 0.05) is 13.5 Å². The van der Waals surface area contributed by atoms with Crippen LogP contribution in [0.2, 0.25) is 0 Å². The standard InChI is InChI=1S/C14H20N4O3/c1-9(19)18-12(13(16)20)8-17-14(21)11(15)7-10-5-3-2-4-6-10/h2-6,11-12H,7-8,15H2,1H3,(H2,16,20)(H,17,21)(H,18,19)/t11-,12-/m0/s1. The smallest absolute Gasteiger partial charge is 0.241 e. The largest absolute Gasteiger partial charge is 0.368 e. The highest BCUT2D eigenvalue weighted by atomic mass is 16.2. The van der Waals surface area contributed by atoms with E-state index in [-0.39, 0.29) is 6.54 Å². The van der Waals surface area contributed by atoms with Crippen molar-refractivity contribution in [2.45, 2.75) is 25.4 Å². The van der Waals surface area contributed by atoms with Crippen molar-refractivity contribution >= 4 is 17.7 Å². The Morgan fingerprint density at radius 2 is 1.81 bits per heavy atom. The molecule has 1 aromatic rings. The van der Waals surface area contributed by atoms with Crippen molar-refractivity contribution in [2.24, 2.45) is 11.5 Å². The Kier molecular flexibility index (Phi) is 6.35. The maximum atomic E-state index is 11.9. The second-order valence-electron chi connectivity index (χ2n) is 4.70. The molecule has 7 heteroatoms. The van der Waals surface area contributed by atoms with Gasteiger partial charge in [-0.2, -0.15) is 0 Å². The summed E-state index contributed by atoms with van der Waals surface area (Å²) in [5, 5.41) is 4.86. The zero-order chi connectivity index (χ0) is 15.8. The lowest BCUT2D eigenvalue weighted by molar-refractivity contribution is -0.127. The zero-order valence-corrected chi connectivity index (χ0v) is 11.8. The highest BCUT2D eigenvalue weighted by Gasteiger charge is 2.19. The molecule has 0 bridgehead atoms. The van der Waals surface area contributed by atoms with E-state index in [1.165, 1.54) is 6.92 Å². The highest BCUT2D eigenvalue weighted by Crippen LogP contribution is 2.01. The molecule has 0 heterocycles. The zero-order valence-electron chi connectivity index (χ0n) is 11.8. The third kappa shape index (κ3) is 6.05. The molecule has 0 saturated heterocycles. The Bertz CT molecular complexity index is 504. The lowest BCUT2D eigenvalue weighted by atomic mass is 10.1. The minimum absolute atomic E-state index is 0.0871. The topological polar surface area (TPSA) is 127 Å². The van der Waals surface area contributed by atoms with Gasteiger partial charge in [-0.05, 0) is 12.0 Å². The normalized spacial score (nSPS) is 13.0. The second kappa shape index (κ2) is 8.01. The van der Waals surface area contributed by atoms with E-state index in [9.17, 15) is 14.4 Å². The van der Waals surface area contributed by atoms with E-state index >= 15 is 0 Å². The van der Waals surface area contributed by atoms with Crippen LogP contribution in [0.5, 0.6) is 0 Å². The van der Waals surface area contributed by atoms with Crippen LogP contribution in [-0.4, -0.2) is 36.3 Å². The molecule has 0 aliphatic carbocycles. The SMILES string of the molecule is CC(=O)N[C@@H](CNC(=O)[C@@H](N)Cc1ccccc1)C(N)=O. The summed E-state index contributed by atoms with van der Waals surface area (Å²) in [5.74, 6) is -1.53. The maximum absolute atomic E-state index is 11.9. The number of nitrogens with one attached hydrogen (secondary N) is 2. The van der Waals surface area contributed by atoms with E-state index in [0.29, 0.717) is 6.42 Å². The van der Waals surface area contributed by atoms with Gasteiger partial charge in [0.15, 0.2) is 0 Å². The van der Waals surface area contributed by atoms with Gasteiger partial charge in [0.05, 0.1) is 6.04 Å². The van der Waals surface area contributed by atoms with Crippen molar-refractivity contribution in [3.63, 3.8) is 0 Å². The Hall–Kier alpha value is -2.41. The summed E-state index contributed by atoms with van der Waals surface area (Å²) in [5.41, 5.74) is 11.9. The fourth-order valence-electron chi connectivity index (χ4n) is 1.76. The van der Waals surface area contributed by atoms with Crippen molar-refractivity contribution in [3.05, 3.63) is 35.9 Å². The number of carbonyl (C=O) groups excluding carboxylic acids is 3. The summed E-state index contributed by atoms with van der Waals surface area (Å²) in [6.07, 6.45) is 0.383.